The Hall–Kier alpha value is -0.960. The van der Waals surface area contributed by atoms with Gasteiger partial charge in [0.2, 0.25) is 5.91 Å². The van der Waals surface area contributed by atoms with Gasteiger partial charge in [0.15, 0.2) is 0 Å². The molecule has 1 N–H and O–H groups in total. The molecule has 0 radical (unpaired) electrons. The van der Waals surface area contributed by atoms with Crippen LogP contribution in [0.5, 0.6) is 0 Å². The highest BCUT2D eigenvalue weighted by molar-refractivity contribution is 6.18. The number of carbonyl (C=O) groups is 1. The zero-order valence-electron chi connectivity index (χ0n) is 8.13. The molecule has 14 heavy (non-hydrogen) atoms. The minimum Gasteiger partial charge on any atom is -0.467 e. The van der Waals surface area contributed by atoms with Crippen LogP contribution in [0.3, 0.4) is 0 Å². The van der Waals surface area contributed by atoms with Crippen LogP contribution in [0.4, 0.5) is 0 Å². The number of carbonyl (C=O) groups excluding carboxylic acids is 1. The van der Waals surface area contributed by atoms with Crippen LogP contribution in [-0.2, 0) is 4.79 Å². The molecule has 3 nitrogen and oxygen atoms in total. The lowest BCUT2D eigenvalue weighted by atomic mass is 10.1. The summed E-state index contributed by atoms with van der Waals surface area (Å²) >= 11 is 5.46. The second-order valence-corrected chi connectivity index (χ2v) is 3.36. The first-order valence-electron chi connectivity index (χ1n) is 4.66. The highest BCUT2D eigenvalue weighted by Gasteiger charge is 2.14. The predicted molar refractivity (Wildman–Crippen MR) is 55.2 cm³/mol. The fraction of sp³-hybridized carbons (Fsp3) is 0.500. The molecular weight excluding hydrogens is 202 g/mol. The van der Waals surface area contributed by atoms with Gasteiger partial charge in [-0.1, -0.05) is 6.92 Å². The van der Waals surface area contributed by atoms with E-state index in [4.69, 9.17) is 16.0 Å². The van der Waals surface area contributed by atoms with Gasteiger partial charge < -0.3 is 9.73 Å². The summed E-state index contributed by atoms with van der Waals surface area (Å²) in [6, 6.07) is 3.63. The monoisotopic (exact) mass is 215 g/mol. The van der Waals surface area contributed by atoms with Crippen molar-refractivity contribution < 1.29 is 9.21 Å². The van der Waals surface area contributed by atoms with Crippen molar-refractivity contribution in [2.45, 2.75) is 25.8 Å². The molecule has 0 aliphatic heterocycles. The lowest BCUT2D eigenvalue weighted by Crippen LogP contribution is -2.27. The third-order valence-corrected chi connectivity index (χ3v) is 2.14. The molecule has 1 atom stereocenters. The second-order valence-electron chi connectivity index (χ2n) is 2.98. The highest BCUT2D eigenvalue weighted by atomic mass is 35.5. The number of hydrogen-bond donors (Lipinski definition) is 1. The smallest absolute Gasteiger partial charge is 0.221 e. The Labute approximate surface area is 88.4 Å². The molecule has 1 unspecified atom stereocenters. The summed E-state index contributed by atoms with van der Waals surface area (Å²) in [7, 11) is 0. The molecule has 1 aromatic rings. The summed E-state index contributed by atoms with van der Waals surface area (Å²) in [5.74, 6) is 1.10. The summed E-state index contributed by atoms with van der Waals surface area (Å²) in [5.41, 5.74) is 0. The van der Waals surface area contributed by atoms with Gasteiger partial charge in [0.25, 0.3) is 0 Å². The van der Waals surface area contributed by atoms with Crippen LogP contribution in [0, 0.1) is 0 Å². The highest BCUT2D eigenvalue weighted by Crippen LogP contribution is 2.16. The molecule has 4 heteroatoms. The minimum absolute atomic E-state index is 0.0387. The summed E-state index contributed by atoms with van der Waals surface area (Å²) in [6.07, 6.45) is 2.76. The van der Waals surface area contributed by atoms with E-state index in [-0.39, 0.29) is 11.9 Å². The number of halogens is 1. The Kier molecular flexibility index (Phi) is 4.53. The van der Waals surface area contributed by atoms with Gasteiger partial charge in [-0.15, -0.1) is 11.6 Å². The van der Waals surface area contributed by atoms with Crippen LogP contribution in [0.15, 0.2) is 22.8 Å². The molecule has 0 aromatic carbocycles. The summed E-state index contributed by atoms with van der Waals surface area (Å²) in [4.78, 5) is 11.3. The van der Waals surface area contributed by atoms with E-state index in [1.165, 1.54) is 0 Å². The maximum absolute atomic E-state index is 11.3. The van der Waals surface area contributed by atoms with Gasteiger partial charge in [0, 0.05) is 12.3 Å². The minimum atomic E-state index is -0.0410. The van der Waals surface area contributed by atoms with Gasteiger partial charge in [-0.2, -0.15) is 0 Å². The Bertz CT molecular complexity index is 272. The van der Waals surface area contributed by atoms with Crippen LogP contribution >= 0.6 is 11.6 Å². The first-order valence-corrected chi connectivity index (χ1v) is 5.20. The molecule has 0 spiro atoms. The van der Waals surface area contributed by atoms with Gasteiger partial charge in [-0.3, -0.25) is 4.79 Å². The molecule has 1 heterocycles. The van der Waals surface area contributed by atoms with E-state index in [1.807, 2.05) is 19.1 Å². The third-order valence-electron chi connectivity index (χ3n) is 1.95. The van der Waals surface area contributed by atoms with Crippen molar-refractivity contribution >= 4 is 17.5 Å². The quantitative estimate of drug-likeness (QED) is 0.767. The van der Waals surface area contributed by atoms with Crippen LogP contribution in [-0.4, -0.2) is 11.8 Å². The van der Waals surface area contributed by atoms with E-state index in [0.717, 1.165) is 12.2 Å². The van der Waals surface area contributed by atoms with Crippen molar-refractivity contribution in [3.8, 4) is 0 Å². The first kappa shape index (κ1) is 11.1. The Morgan fingerprint density at radius 2 is 2.50 bits per heavy atom. The average Bonchev–Trinajstić information content (AvgIpc) is 2.67. The fourth-order valence-electron chi connectivity index (χ4n) is 1.22. The molecule has 0 aliphatic rings. The van der Waals surface area contributed by atoms with Crippen molar-refractivity contribution in [3.63, 3.8) is 0 Å². The normalized spacial score (nSPS) is 12.4. The SMILES string of the molecule is CCC(NC(=O)CCCl)c1ccco1. The van der Waals surface area contributed by atoms with E-state index in [2.05, 4.69) is 5.32 Å². The first-order chi connectivity index (χ1) is 6.77. The molecule has 0 bridgehead atoms. The molecule has 78 valence electrons. The molecule has 0 aliphatic carbocycles. The van der Waals surface area contributed by atoms with Gasteiger partial charge in [0.1, 0.15) is 5.76 Å². The number of hydrogen-bond acceptors (Lipinski definition) is 2. The average molecular weight is 216 g/mol. The van der Waals surface area contributed by atoms with E-state index in [0.29, 0.717) is 12.3 Å². The van der Waals surface area contributed by atoms with E-state index < -0.39 is 0 Å². The Morgan fingerprint density at radius 1 is 1.71 bits per heavy atom. The number of alkyl halides is 1. The number of nitrogens with one attached hydrogen (secondary N) is 1. The van der Waals surface area contributed by atoms with Crippen LogP contribution < -0.4 is 5.32 Å². The number of furan rings is 1. The Balaban J connectivity index is 2.51. The lowest BCUT2D eigenvalue weighted by molar-refractivity contribution is -0.121. The van der Waals surface area contributed by atoms with Crippen molar-refractivity contribution in [1.82, 2.24) is 5.32 Å². The molecule has 1 rings (SSSR count). The number of amides is 1. The fourth-order valence-corrected chi connectivity index (χ4v) is 1.39. The van der Waals surface area contributed by atoms with Gasteiger partial charge >= 0.3 is 0 Å². The van der Waals surface area contributed by atoms with Gasteiger partial charge in [-0.05, 0) is 18.6 Å². The van der Waals surface area contributed by atoms with Crippen molar-refractivity contribution in [3.05, 3.63) is 24.2 Å². The zero-order valence-corrected chi connectivity index (χ0v) is 8.88. The summed E-state index contributed by atoms with van der Waals surface area (Å²) in [5, 5.41) is 2.85. The standard InChI is InChI=1S/C10H14ClNO2/c1-2-8(9-4-3-7-14-9)12-10(13)5-6-11/h3-4,7-8H,2,5-6H2,1H3,(H,12,13). The maximum atomic E-state index is 11.3. The van der Waals surface area contributed by atoms with Crippen LogP contribution in [0.25, 0.3) is 0 Å². The van der Waals surface area contributed by atoms with Crippen LogP contribution in [0.1, 0.15) is 31.6 Å². The molecule has 0 fully saturated rings. The van der Waals surface area contributed by atoms with E-state index >= 15 is 0 Å². The van der Waals surface area contributed by atoms with Crippen molar-refractivity contribution in [1.29, 1.82) is 0 Å². The lowest BCUT2D eigenvalue weighted by Gasteiger charge is -2.13. The molecule has 0 saturated heterocycles. The van der Waals surface area contributed by atoms with Gasteiger partial charge in [-0.25, -0.2) is 0 Å². The van der Waals surface area contributed by atoms with Gasteiger partial charge in [0.05, 0.1) is 12.3 Å². The Morgan fingerprint density at radius 3 is 3.00 bits per heavy atom. The zero-order chi connectivity index (χ0) is 10.4. The third kappa shape index (κ3) is 3.07. The topological polar surface area (TPSA) is 42.2 Å². The number of rotatable bonds is 5. The van der Waals surface area contributed by atoms with E-state index in [1.54, 1.807) is 6.26 Å². The van der Waals surface area contributed by atoms with E-state index in [9.17, 15) is 4.79 Å². The second kappa shape index (κ2) is 5.70. The molecule has 1 aromatic heterocycles. The molecular formula is C10H14ClNO2. The van der Waals surface area contributed by atoms with Crippen LogP contribution in [0.2, 0.25) is 0 Å². The summed E-state index contributed by atoms with van der Waals surface area (Å²) in [6.45, 7) is 1.99. The van der Waals surface area contributed by atoms with Crippen molar-refractivity contribution in [2.24, 2.45) is 0 Å². The maximum Gasteiger partial charge on any atom is 0.221 e. The molecule has 1 amide bonds. The molecule has 0 saturated carbocycles. The predicted octanol–water partition coefficient (Wildman–Crippen LogP) is 2.48. The summed E-state index contributed by atoms with van der Waals surface area (Å²) < 4.78 is 5.22. The largest absolute Gasteiger partial charge is 0.467 e. The van der Waals surface area contributed by atoms with Crippen molar-refractivity contribution in [2.75, 3.05) is 5.88 Å².